The molecule has 0 N–H and O–H groups in total. The molecule has 0 unspecified atom stereocenters. The average Bonchev–Trinajstić information content (AvgIpc) is 2.20. The van der Waals surface area contributed by atoms with Gasteiger partial charge in [0.25, 0.3) is 0 Å². The molecule has 0 aliphatic heterocycles. The Morgan fingerprint density at radius 1 is 1.33 bits per heavy atom. The Hall–Kier alpha value is -0.688. The summed E-state index contributed by atoms with van der Waals surface area (Å²) >= 11 is 7.63. The van der Waals surface area contributed by atoms with Crippen LogP contribution in [0.3, 0.4) is 0 Å². The fourth-order valence-electron chi connectivity index (χ4n) is 0.981. The number of ether oxygens (including phenoxy) is 1. The SMILES string of the molecule is CC(C)(Oc1ccc(Cl)cc1)C(=O)[O][Al]. The van der Waals surface area contributed by atoms with Crippen molar-refractivity contribution in [3.8, 4) is 5.75 Å². The Bertz CT molecular complexity index is 348. The fourth-order valence-corrected chi connectivity index (χ4v) is 1.39. The summed E-state index contributed by atoms with van der Waals surface area (Å²) < 4.78 is 10.0. The standard InChI is InChI=1S/C10H11ClO3.Al/c1-10(2,9(12)13)14-8-5-3-7(11)4-6-8;/h3-6H,1-2H3,(H,12,13);/q;+1/p-1. The molecule has 0 bridgehead atoms. The van der Waals surface area contributed by atoms with Gasteiger partial charge in [0.15, 0.2) is 5.60 Å². The van der Waals surface area contributed by atoms with Crippen LogP contribution in [0.25, 0.3) is 0 Å². The van der Waals surface area contributed by atoms with Gasteiger partial charge in [-0.3, -0.25) is 4.79 Å². The molecule has 3 nitrogen and oxygen atoms in total. The molecule has 1 rings (SSSR count). The lowest BCUT2D eigenvalue weighted by Crippen LogP contribution is -2.39. The van der Waals surface area contributed by atoms with Gasteiger partial charge in [0, 0.05) is 5.02 Å². The van der Waals surface area contributed by atoms with Gasteiger partial charge < -0.3 is 8.53 Å². The molecule has 0 aliphatic rings. The maximum atomic E-state index is 11.3. The number of rotatable bonds is 3. The lowest BCUT2D eigenvalue weighted by molar-refractivity contribution is -0.148. The second kappa shape index (κ2) is 4.89. The largest absolute Gasteiger partial charge is 0.625 e. The molecule has 0 aliphatic carbocycles. The summed E-state index contributed by atoms with van der Waals surface area (Å²) in [5, 5.41) is 0.619. The van der Waals surface area contributed by atoms with Gasteiger partial charge in [0.05, 0.1) is 0 Å². The molecule has 1 aromatic carbocycles. The summed E-state index contributed by atoms with van der Waals surface area (Å²) in [4.78, 5) is 11.3. The molecule has 2 radical (unpaired) electrons. The second-order valence-electron chi connectivity index (χ2n) is 3.47. The lowest BCUT2D eigenvalue weighted by Gasteiger charge is -2.24. The monoisotopic (exact) mass is 240 g/mol. The topological polar surface area (TPSA) is 35.5 Å². The number of carbonyl (C=O) groups excluding carboxylic acids is 1. The van der Waals surface area contributed by atoms with E-state index < -0.39 is 11.6 Å². The molecular weight excluding hydrogens is 231 g/mol. The highest BCUT2D eigenvalue weighted by molar-refractivity contribution is 6.30. The van der Waals surface area contributed by atoms with Gasteiger partial charge in [0.1, 0.15) is 5.75 Å². The van der Waals surface area contributed by atoms with Crippen molar-refractivity contribution < 1.29 is 13.3 Å². The summed E-state index contributed by atoms with van der Waals surface area (Å²) in [6.45, 7) is 3.27. The van der Waals surface area contributed by atoms with Crippen LogP contribution in [0.2, 0.25) is 5.02 Å². The maximum Gasteiger partial charge on any atom is 0.485 e. The number of benzene rings is 1. The molecule has 0 saturated carbocycles. The summed E-state index contributed by atoms with van der Waals surface area (Å²) in [7, 11) is 0. The van der Waals surface area contributed by atoms with E-state index in [-0.39, 0.29) is 0 Å². The van der Waals surface area contributed by atoms with Crippen LogP contribution < -0.4 is 4.74 Å². The number of hydrogen-bond donors (Lipinski definition) is 0. The van der Waals surface area contributed by atoms with Crippen LogP contribution in [0, 0.1) is 0 Å². The average molecular weight is 241 g/mol. The first kappa shape index (κ1) is 12.4. The van der Waals surface area contributed by atoms with E-state index in [0.717, 1.165) is 0 Å². The molecule has 0 fully saturated rings. The van der Waals surface area contributed by atoms with Crippen molar-refractivity contribution in [3.05, 3.63) is 29.3 Å². The highest BCUT2D eigenvalue weighted by Gasteiger charge is 2.29. The zero-order valence-electron chi connectivity index (χ0n) is 8.49. The number of carbonyl (C=O) groups is 1. The third-order valence-electron chi connectivity index (χ3n) is 1.79. The quantitative estimate of drug-likeness (QED) is 0.760. The van der Waals surface area contributed by atoms with Crippen LogP contribution in [0.5, 0.6) is 5.75 Å². The summed E-state index contributed by atoms with van der Waals surface area (Å²) in [5.41, 5.74) is -1.02. The summed E-state index contributed by atoms with van der Waals surface area (Å²) in [6.07, 6.45) is 0. The van der Waals surface area contributed by atoms with Crippen molar-refractivity contribution in [1.82, 2.24) is 0 Å². The maximum absolute atomic E-state index is 11.3. The van der Waals surface area contributed by atoms with Gasteiger partial charge >= 0.3 is 22.6 Å². The highest BCUT2D eigenvalue weighted by atomic mass is 35.5. The van der Waals surface area contributed by atoms with Gasteiger partial charge in [-0.1, -0.05) is 11.6 Å². The van der Waals surface area contributed by atoms with Crippen LogP contribution >= 0.6 is 11.6 Å². The zero-order valence-corrected chi connectivity index (χ0v) is 10.4. The first-order valence-electron chi connectivity index (χ1n) is 4.31. The van der Waals surface area contributed by atoms with Crippen molar-refractivity contribution in [2.24, 2.45) is 0 Å². The van der Waals surface area contributed by atoms with E-state index >= 15 is 0 Å². The van der Waals surface area contributed by atoms with E-state index in [4.69, 9.17) is 16.3 Å². The number of halogens is 1. The van der Waals surface area contributed by atoms with Crippen molar-refractivity contribution >= 4 is 34.2 Å². The van der Waals surface area contributed by atoms with E-state index in [9.17, 15) is 4.79 Å². The van der Waals surface area contributed by atoms with Gasteiger partial charge in [-0.15, -0.1) is 0 Å². The van der Waals surface area contributed by atoms with E-state index in [1.165, 1.54) is 0 Å². The van der Waals surface area contributed by atoms with Gasteiger partial charge in [-0.2, -0.15) is 0 Å². The molecule has 1 aromatic rings. The molecule has 0 saturated heterocycles. The first-order chi connectivity index (χ1) is 6.95. The summed E-state index contributed by atoms with van der Waals surface area (Å²) in [6, 6.07) is 6.78. The van der Waals surface area contributed by atoms with Crippen molar-refractivity contribution in [2.45, 2.75) is 19.4 Å². The van der Waals surface area contributed by atoms with E-state index in [1.54, 1.807) is 38.1 Å². The molecular formula is C10H10AlClO3. The lowest BCUT2D eigenvalue weighted by atomic mass is 10.1. The van der Waals surface area contributed by atoms with Crippen LogP contribution in [-0.2, 0) is 8.58 Å². The molecule has 0 aromatic heterocycles. The Labute approximate surface area is 102 Å². The van der Waals surface area contributed by atoms with Crippen LogP contribution in [0.1, 0.15) is 13.8 Å². The van der Waals surface area contributed by atoms with E-state index in [1.807, 2.05) is 16.6 Å². The Balaban J connectivity index is 2.77. The summed E-state index contributed by atoms with van der Waals surface area (Å²) in [5.74, 6) is 0.113. The fraction of sp³-hybridized carbons (Fsp3) is 0.300. The van der Waals surface area contributed by atoms with Gasteiger partial charge in [-0.05, 0) is 38.1 Å². The van der Waals surface area contributed by atoms with Crippen LogP contribution in [0.15, 0.2) is 24.3 Å². The van der Waals surface area contributed by atoms with Crippen LogP contribution in [0.4, 0.5) is 0 Å². The predicted octanol–water partition coefficient (Wildman–Crippen LogP) is 2.12. The second-order valence-corrected chi connectivity index (χ2v) is 4.14. The van der Waals surface area contributed by atoms with Crippen LogP contribution in [-0.4, -0.2) is 28.2 Å². The minimum absolute atomic E-state index is 0.456. The molecule has 15 heavy (non-hydrogen) atoms. The number of hydrogen-bond acceptors (Lipinski definition) is 3. The predicted molar refractivity (Wildman–Crippen MR) is 58.0 cm³/mol. The Morgan fingerprint density at radius 2 is 1.87 bits per heavy atom. The molecule has 0 amide bonds. The third kappa shape index (κ3) is 3.42. The molecule has 0 heterocycles. The zero-order chi connectivity index (χ0) is 11.5. The Morgan fingerprint density at radius 3 is 2.33 bits per heavy atom. The van der Waals surface area contributed by atoms with Gasteiger partial charge in [-0.25, -0.2) is 0 Å². The molecule has 78 valence electrons. The smallest absolute Gasteiger partial charge is 0.485 e. The van der Waals surface area contributed by atoms with Crippen molar-refractivity contribution in [2.75, 3.05) is 0 Å². The molecule has 5 heteroatoms. The van der Waals surface area contributed by atoms with E-state index in [2.05, 4.69) is 3.79 Å². The Kier molecular flexibility index (Phi) is 4.04. The van der Waals surface area contributed by atoms with Crippen molar-refractivity contribution in [3.63, 3.8) is 0 Å². The van der Waals surface area contributed by atoms with Crippen molar-refractivity contribution in [1.29, 1.82) is 0 Å². The molecule has 0 spiro atoms. The third-order valence-corrected chi connectivity index (χ3v) is 2.25. The first-order valence-corrected chi connectivity index (χ1v) is 5.16. The minimum atomic E-state index is -1.02. The van der Waals surface area contributed by atoms with E-state index in [0.29, 0.717) is 10.8 Å². The molecule has 0 atom stereocenters. The normalized spacial score (nSPS) is 10.9. The highest BCUT2D eigenvalue weighted by Crippen LogP contribution is 2.21. The minimum Gasteiger partial charge on any atom is -0.625 e. The van der Waals surface area contributed by atoms with Gasteiger partial charge in [0.2, 0.25) is 0 Å².